The lowest BCUT2D eigenvalue weighted by atomic mass is 10.1. The van der Waals surface area contributed by atoms with E-state index in [4.69, 9.17) is 0 Å². The molecule has 0 spiro atoms. The van der Waals surface area contributed by atoms with E-state index >= 15 is 0 Å². The first-order valence-corrected chi connectivity index (χ1v) is 9.45. The van der Waals surface area contributed by atoms with Crippen molar-refractivity contribution in [2.45, 2.75) is 19.9 Å². The number of carbonyl (C=O) groups excluding carboxylic acids is 2. The fourth-order valence-corrected chi connectivity index (χ4v) is 3.58. The number of benzene rings is 2. The van der Waals surface area contributed by atoms with Gasteiger partial charge in [0.2, 0.25) is 0 Å². The Hall–Kier alpha value is -2.99. The Balaban J connectivity index is 1.63. The molecule has 3 rings (SSSR count). The number of halogens is 1. The number of rotatable bonds is 6. The second-order valence-electron chi connectivity index (χ2n) is 5.98. The molecule has 0 aliphatic heterocycles. The number of nitrogens with one attached hydrogen (secondary N) is 2. The molecule has 2 aromatic carbocycles. The zero-order chi connectivity index (χ0) is 19.2. The molecule has 0 atom stereocenters. The molecule has 0 aliphatic carbocycles. The highest BCUT2D eigenvalue weighted by atomic mass is 32.1. The molecule has 0 unspecified atom stereocenters. The van der Waals surface area contributed by atoms with Crippen LogP contribution in [0.15, 0.2) is 60.0 Å². The zero-order valence-electron chi connectivity index (χ0n) is 14.8. The van der Waals surface area contributed by atoms with Crippen LogP contribution >= 0.6 is 11.3 Å². The quantitative estimate of drug-likeness (QED) is 0.653. The number of hydrogen-bond acceptors (Lipinski definition) is 3. The first-order chi connectivity index (χ1) is 13.1. The van der Waals surface area contributed by atoms with E-state index in [0.29, 0.717) is 12.2 Å². The van der Waals surface area contributed by atoms with Gasteiger partial charge in [0.1, 0.15) is 5.82 Å². The van der Waals surface area contributed by atoms with Gasteiger partial charge in [-0.3, -0.25) is 9.59 Å². The Morgan fingerprint density at radius 2 is 1.85 bits per heavy atom. The van der Waals surface area contributed by atoms with Gasteiger partial charge >= 0.3 is 0 Å². The number of thiophene rings is 1. The maximum atomic E-state index is 13.3. The molecule has 6 heteroatoms. The molecule has 1 aromatic heterocycles. The third kappa shape index (κ3) is 4.80. The number of hydrogen-bond donors (Lipinski definition) is 2. The molecule has 2 amide bonds. The molecule has 138 valence electrons. The second kappa shape index (κ2) is 8.60. The Kier molecular flexibility index (Phi) is 5.98. The molecule has 0 fully saturated rings. The summed E-state index contributed by atoms with van der Waals surface area (Å²) in [6.07, 6.45) is 0.813. The van der Waals surface area contributed by atoms with Crippen LogP contribution in [0.1, 0.15) is 38.1 Å². The van der Waals surface area contributed by atoms with Crippen molar-refractivity contribution in [2.24, 2.45) is 0 Å². The highest BCUT2D eigenvalue weighted by Crippen LogP contribution is 2.18. The molecule has 0 aliphatic rings. The van der Waals surface area contributed by atoms with Crippen LogP contribution in [0, 0.1) is 5.82 Å². The van der Waals surface area contributed by atoms with E-state index in [0.717, 1.165) is 22.4 Å². The van der Waals surface area contributed by atoms with E-state index in [1.54, 1.807) is 24.3 Å². The third-order valence-electron chi connectivity index (χ3n) is 4.06. The smallest absolute Gasteiger partial charge is 0.261 e. The van der Waals surface area contributed by atoms with Crippen LogP contribution in [0.2, 0.25) is 0 Å². The van der Waals surface area contributed by atoms with E-state index in [9.17, 15) is 14.0 Å². The van der Waals surface area contributed by atoms with Gasteiger partial charge in [-0.05, 0) is 59.3 Å². The van der Waals surface area contributed by atoms with Crippen LogP contribution < -0.4 is 10.6 Å². The van der Waals surface area contributed by atoms with E-state index < -0.39 is 5.82 Å². The van der Waals surface area contributed by atoms with Crippen molar-refractivity contribution in [3.63, 3.8) is 0 Å². The van der Waals surface area contributed by atoms with Crippen LogP contribution in [0.5, 0.6) is 0 Å². The standard InChI is InChI=1S/C21H19FN2O2S/c1-2-15-9-10-27-19(15)21(26)23-13-14-5-3-8-18(11-14)24-20(25)16-6-4-7-17(22)12-16/h3-12H,2,13H2,1H3,(H,23,26)(H,24,25). The summed E-state index contributed by atoms with van der Waals surface area (Å²) in [6.45, 7) is 2.37. The molecular formula is C21H19FN2O2S. The minimum Gasteiger partial charge on any atom is -0.347 e. The molecule has 1 heterocycles. The van der Waals surface area contributed by atoms with Crippen molar-refractivity contribution in [2.75, 3.05) is 5.32 Å². The summed E-state index contributed by atoms with van der Waals surface area (Å²) in [7, 11) is 0. The first kappa shape index (κ1) is 18.8. The van der Waals surface area contributed by atoms with Gasteiger partial charge in [0.15, 0.2) is 0 Å². The molecule has 0 bridgehead atoms. The summed E-state index contributed by atoms with van der Waals surface area (Å²) >= 11 is 1.43. The van der Waals surface area contributed by atoms with Crippen molar-refractivity contribution in [1.29, 1.82) is 0 Å². The van der Waals surface area contributed by atoms with Crippen LogP contribution in [-0.4, -0.2) is 11.8 Å². The maximum absolute atomic E-state index is 13.3. The number of carbonyl (C=O) groups is 2. The fourth-order valence-electron chi connectivity index (χ4n) is 2.67. The van der Waals surface area contributed by atoms with Gasteiger partial charge in [-0.2, -0.15) is 0 Å². The van der Waals surface area contributed by atoms with Crippen LogP contribution in [0.25, 0.3) is 0 Å². The monoisotopic (exact) mass is 382 g/mol. The Morgan fingerprint density at radius 3 is 2.63 bits per heavy atom. The van der Waals surface area contributed by atoms with Crippen molar-refractivity contribution in [3.05, 3.63) is 87.4 Å². The average molecular weight is 382 g/mol. The minimum atomic E-state index is -0.459. The lowest BCUT2D eigenvalue weighted by Gasteiger charge is -2.09. The van der Waals surface area contributed by atoms with Crippen molar-refractivity contribution < 1.29 is 14.0 Å². The van der Waals surface area contributed by atoms with Gasteiger partial charge in [-0.1, -0.05) is 25.1 Å². The van der Waals surface area contributed by atoms with Gasteiger partial charge in [-0.15, -0.1) is 11.3 Å². The van der Waals surface area contributed by atoms with Crippen LogP contribution in [0.3, 0.4) is 0 Å². The zero-order valence-corrected chi connectivity index (χ0v) is 15.6. The highest BCUT2D eigenvalue weighted by Gasteiger charge is 2.12. The molecule has 4 nitrogen and oxygen atoms in total. The van der Waals surface area contributed by atoms with Gasteiger partial charge in [0.25, 0.3) is 11.8 Å². The van der Waals surface area contributed by atoms with Crippen LogP contribution in [0.4, 0.5) is 10.1 Å². The Labute approximate surface area is 161 Å². The largest absolute Gasteiger partial charge is 0.347 e. The molecule has 0 radical (unpaired) electrons. The summed E-state index contributed by atoms with van der Waals surface area (Å²) in [4.78, 5) is 25.3. The predicted octanol–water partition coefficient (Wildman–Crippen LogP) is 4.63. The summed E-state index contributed by atoms with van der Waals surface area (Å²) in [5.41, 5.74) is 2.73. The Bertz CT molecular complexity index is 968. The first-order valence-electron chi connectivity index (χ1n) is 8.57. The Morgan fingerprint density at radius 1 is 1.04 bits per heavy atom. The van der Waals surface area contributed by atoms with Crippen molar-refractivity contribution >= 4 is 28.8 Å². The van der Waals surface area contributed by atoms with Gasteiger partial charge < -0.3 is 10.6 Å². The summed E-state index contributed by atoms with van der Waals surface area (Å²) in [5.74, 6) is -0.947. The summed E-state index contributed by atoms with van der Waals surface area (Å²) < 4.78 is 13.3. The number of aryl methyl sites for hydroxylation is 1. The van der Waals surface area contributed by atoms with Crippen molar-refractivity contribution in [3.8, 4) is 0 Å². The average Bonchev–Trinajstić information content (AvgIpc) is 3.15. The predicted molar refractivity (Wildman–Crippen MR) is 106 cm³/mol. The molecule has 0 saturated heterocycles. The molecule has 2 N–H and O–H groups in total. The fraction of sp³-hybridized carbons (Fsp3) is 0.143. The number of amides is 2. The minimum absolute atomic E-state index is 0.101. The topological polar surface area (TPSA) is 58.2 Å². The van der Waals surface area contributed by atoms with E-state index in [1.807, 2.05) is 24.4 Å². The third-order valence-corrected chi connectivity index (χ3v) is 5.01. The summed E-state index contributed by atoms with van der Waals surface area (Å²) in [5, 5.41) is 7.56. The maximum Gasteiger partial charge on any atom is 0.261 e. The molecule has 0 saturated carbocycles. The second-order valence-corrected chi connectivity index (χ2v) is 6.89. The normalized spacial score (nSPS) is 10.4. The van der Waals surface area contributed by atoms with Gasteiger partial charge in [-0.25, -0.2) is 4.39 Å². The molecular weight excluding hydrogens is 363 g/mol. The highest BCUT2D eigenvalue weighted by molar-refractivity contribution is 7.12. The SMILES string of the molecule is CCc1ccsc1C(=O)NCc1cccc(NC(=O)c2cccc(F)c2)c1. The molecule has 3 aromatic rings. The van der Waals surface area contributed by atoms with E-state index in [1.165, 1.54) is 29.5 Å². The van der Waals surface area contributed by atoms with E-state index in [-0.39, 0.29) is 17.4 Å². The molecule has 27 heavy (non-hydrogen) atoms. The van der Waals surface area contributed by atoms with Gasteiger partial charge in [0, 0.05) is 17.8 Å². The lowest BCUT2D eigenvalue weighted by Crippen LogP contribution is -2.22. The van der Waals surface area contributed by atoms with E-state index in [2.05, 4.69) is 10.6 Å². The van der Waals surface area contributed by atoms with Gasteiger partial charge in [0.05, 0.1) is 4.88 Å². The van der Waals surface area contributed by atoms with Crippen LogP contribution in [-0.2, 0) is 13.0 Å². The van der Waals surface area contributed by atoms with Crippen molar-refractivity contribution in [1.82, 2.24) is 5.32 Å². The summed E-state index contributed by atoms with van der Waals surface area (Å²) in [6, 6.07) is 14.7. The number of anilines is 1. The lowest BCUT2D eigenvalue weighted by molar-refractivity contribution is 0.0953.